The Morgan fingerprint density at radius 2 is 1.88 bits per heavy atom. The molecule has 94 valence electrons. The van der Waals surface area contributed by atoms with Gasteiger partial charge in [-0.15, -0.1) is 0 Å². The van der Waals surface area contributed by atoms with Gasteiger partial charge in [-0.2, -0.15) is 0 Å². The van der Waals surface area contributed by atoms with Crippen molar-refractivity contribution in [2.24, 2.45) is 5.92 Å². The average Bonchev–Trinajstić information content (AvgIpc) is 2.99. The van der Waals surface area contributed by atoms with Crippen LogP contribution in [0, 0.1) is 17.6 Å². The molecular formula is C14H19F2N. The first kappa shape index (κ1) is 12.5. The Morgan fingerprint density at radius 3 is 2.47 bits per heavy atom. The van der Waals surface area contributed by atoms with Crippen molar-refractivity contribution >= 4 is 0 Å². The van der Waals surface area contributed by atoms with Crippen LogP contribution in [0.4, 0.5) is 8.78 Å². The van der Waals surface area contributed by atoms with Gasteiger partial charge in [-0.3, -0.25) is 0 Å². The number of benzene rings is 1. The Kier molecular flexibility index (Phi) is 4.11. The summed E-state index contributed by atoms with van der Waals surface area (Å²) < 4.78 is 26.0. The van der Waals surface area contributed by atoms with Crippen LogP contribution in [0.15, 0.2) is 18.2 Å². The molecule has 0 radical (unpaired) electrons. The zero-order valence-corrected chi connectivity index (χ0v) is 10.2. The van der Waals surface area contributed by atoms with Gasteiger partial charge in [0.25, 0.3) is 0 Å². The van der Waals surface area contributed by atoms with Gasteiger partial charge in [0.2, 0.25) is 0 Å². The molecule has 1 N–H and O–H groups in total. The molecule has 2 rings (SSSR count). The molecular weight excluding hydrogens is 220 g/mol. The summed E-state index contributed by atoms with van der Waals surface area (Å²) in [4.78, 5) is 0. The second-order valence-corrected chi connectivity index (χ2v) is 5.10. The van der Waals surface area contributed by atoms with E-state index in [2.05, 4.69) is 12.2 Å². The molecule has 0 aromatic heterocycles. The topological polar surface area (TPSA) is 12.0 Å². The summed E-state index contributed by atoms with van der Waals surface area (Å²) >= 11 is 0. The van der Waals surface area contributed by atoms with E-state index in [1.54, 1.807) is 0 Å². The van der Waals surface area contributed by atoms with Crippen LogP contribution in [-0.4, -0.2) is 12.6 Å². The Balaban J connectivity index is 1.77. The van der Waals surface area contributed by atoms with E-state index in [0.29, 0.717) is 5.92 Å². The van der Waals surface area contributed by atoms with Crippen molar-refractivity contribution in [3.63, 3.8) is 0 Å². The minimum atomic E-state index is -0.483. The smallest absolute Gasteiger partial charge is 0.126 e. The third-order valence-electron chi connectivity index (χ3n) is 3.15. The Bertz CT molecular complexity index is 354. The highest BCUT2D eigenvalue weighted by Crippen LogP contribution is 2.19. The molecule has 1 aromatic rings. The van der Waals surface area contributed by atoms with E-state index in [1.165, 1.54) is 25.0 Å². The molecule has 1 atom stereocenters. The maximum Gasteiger partial charge on any atom is 0.126 e. The van der Waals surface area contributed by atoms with Gasteiger partial charge in [-0.05, 0) is 55.8 Å². The van der Waals surface area contributed by atoms with Gasteiger partial charge >= 0.3 is 0 Å². The summed E-state index contributed by atoms with van der Waals surface area (Å²) in [5, 5.41) is 3.45. The van der Waals surface area contributed by atoms with Crippen molar-refractivity contribution < 1.29 is 8.78 Å². The second kappa shape index (κ2) is 5.58. The SMILES string of the molecule is CC(CCNC1CC1)Cc1cc(F)cc(F)c1. The van der Waals surface area contributed by atoms with Gasteiger partial charge < -0.3 is 5.32 Å². The van der Waals surface area contributed by atoms with E-state index < -0.39 is 11.6 Å². The van der Waals surface area contributed by atoms with Crippen molar-refractivity contribution in [3.8, 4) is 0 Å². The van der Waals surface area contributed by atoms with Gasteiger partial charge in [0.1, 0.15) is 11.6 Å². The zero-order valence-electron chi connectivity index (χ0n) is 10.2. The lowest BCUT2D eigenvalue weighted by Gasteiger charge is -2.12. The summed E-state index contributed by atoms with van der Waals surface area (Å²) in [5.41, 5.74) is 0.751. The summed E-state index contributed by atoms with van der Waals surface area (Å²) in [6.07, 6.45) is 4.38. The van der Waals surface area contributed by atoms with Crippen LogP contribution < -0.4 is 5.32 Å². The largest absolute Gasteiger partial charge is 0.314 e. The third kappa shape index (κ3) is 4.43. The second-order valence-electron chi connectivity index (χ2n) is 5.10. The van der Waals surface area contributed by atoms with E-state index in [-0.39, 0.29) is 0 Å². The third-order valence-corrected chi connectivity index (χ3v) is 3.15. The molecule has 1 nitrogen and oxygen atoms in total. The van der Waals surface area contributed by atoms with E-state index >= 15 is 0 Å². The molecule has 1 fully saturated rings. The average molecular weight is 239 g/mol. The minimum absolute atomic E-state index is 0.447. The van der Waals surface area contributed by atoms with Crippen molar-refractivity contribution in [1.29, 1.82) is 0 Å². The molecule has 0 saturated heterocycles. The van der Waals surface area contributed by atoms with Gasteiger partial charge in [0, 0.05) is 12.1 Å². The number of hydrogen-bond donors (Lipinski definition) is 1. The highest BCUT2D eigenvalue weighted by molar-refractivity contribution is 5.18. The first-order valence-corrected chi connectivity index (χ1v) is 6.32. The predicted octanol–water partition coefficient (Wildman–Crippen LogP) is 3.29. The molecule has 0 aliphatic heterocycles. The van der Waals surface area contributed by atoms with E-state index in [0.717, 1.165) is 37.1 Å². The van der Waals surface area contributed by atoms with Crippen molar-refractivity contribution in [3.05, 3.63) is 35.4 Å². The summed E-state index contributed by atoms with van der Waals surface area (Å²) in [6, 6.07) is 4.50. The lowest BCUT2D eigenvalue weighted by atomic mass is 9.98. The molecule has 1 aliphatic rings. The van der Waals surface area contributed by atoms with Crippen LogP contribution >= 0.6 is 0 Å². The highest BCUT2D eigenvalue weighted by atomic mass is 19.1. The molecule has 0 heterocycles. The molecule has 0 bridgehead atoms. The van der Waals surface area contributed by atoms with Crippen LogP contribution in [0.2, 0.25) is 0 Å². The van der Waals surface area contributed by atoms with Crippen LogP contribution in [0.1, 0.15) is 31.7 Å². The normalized spacial score (nSPS) is 17.1. The molecule has 1 unspecified atom stereocenters. The van der Waals surface area contributed by atoms with Crippen LogP contribution in [0.25, 0.3) is 0 Å². The minimum Gasteiger partial charge on any atom is -0.314 e. The van der Waals surface area contributed by atoms with Crippen LogP contribution in [-0.2, 0) is 6.42 Å². The predicted molar refractivity (Wildman–Crippen MR) is 64.9 cm³/mol. The van der Waals surface area contributed by atoms with Crippen molar-refractivity contribution in [1.82, 2.24) is 5.32 Å². The van der Waals surface area contributed by atoms with E-state index in [4.69, 9.17) is 0 Å². The molecule has 0 spiro atoms. The van der Waals surface area contributed by atoms with Crippen molar-refractivity contribution in [2.45, 2.75) is 38.6 Å². The molecule has 17 heavy (non-hydrogen) atoms. The fraction of sp³-hybridized carbons (Fsp3) is 0.571. The lowest BCUT2D eigenvalue weighted by Crippen LogP contribution is -2.20. The first-order valence-electron chi connectivity index (χ1n) is 6.32. The monoisotopic (exact) mass is 239 g/mol. The number of rotatable bonds is 6. The quantitative estimate of drug-likeness (QED) is 0.803. The van der Waals surface area contributed by atoms with Crippen LogP contribution in [0.5, 0.6) is 0 Å². The van der Waals surface area contributed by atoms with E-state index in [9.17, 15) is 8.78 Å². The van der Waals surface area contributed by atoms with Gasteiger partial charge in [0.05, 0.1) is 0 Å². The summed E-state index contributed by atoms with van der Waals surface area (Å²) in [6.45, 7) is 3.13. The van der Waals surface area contributed by atoms with Gasteiger partial charge in [-0.25, -0.2) is 8.78 Å². The molecule has 3 heteroatoms. The number of halogens is 2. The number of hydrogen-bond acceptors (Lipinski definition) is 1. The Hall–Kier alpha value is -0.960. The first-order chi connectivity index (χ1) is 8.13. The Morgan fingerprint density at radius 1 is 1.24 bits per heavy atom. The van der Waals surface area contributed by atoms with E-state index in [1.807, 2.05) is 0 Å². The van der Waals surface area contributed by atoms with Gasteiger partial charge in [0.15, 0.2) is 0 Å². The molecule has 1 aliphatic carbocycles. The molecule has 1 saturated carbocycles. The lowest BCUT2D eigenvalue weighted by molar-refractivity contribution is 0.493. The fourth-order valence-electron chi connectivity index (χ4n) is 2.05. The molecule has 0 amide bonds. The molecule has 1 aromatic carbocycles. The highest BCUT2D eigenvalue weighted by Gasteiger charge is 2.19. The standard InChI is InChI=1S/C14H19F2N/c1-10(4-5-17-14-2-3-14)6-11-7-12(15)9-13(16)8-11/h7-10,14,17H,2-6H2,1H3. The summed E-state index contributed by atoms with van der Waals surface area (Å²) in [7, 11) is 0. The maximum atomic E-state index is 13.0. The van der Waals surface area contributed by atoms with Crippen molar-refractivity contribution in [2.75, 3.05) is 6.54 Å². The summed E-state index contributed by atoms with van der Waals surface area (Å²) in [5.74, 6) is -0.519. The fourth-order valence-corrected chi connectivity index (χ4v) is 2.05. The van der Waals surface area contributed by atoms with Crippen LogP contribution in [0.3, 0.4) is 0 Å². The zero-order chi connectivity index (χ0) is 12.3. The van der Waals surface area contributed by atoms with Gasteiger partial charge in [-0.1, -0.05) is 6.92 Å². The Labute approximate surface area is 101 Å². The number of nitrogens with one attached hydrogen (secondary N) is 1. The maximum absolute atomic E-state index is 13.0.